The SMILES string of the molecule is NC1CCC(C=C2CCC(NC3CCC(CC4CCC(N)CC4)CC3)CC2)CC1. The van der Waals surface area contributed by atoms with Crippen LogP contribution in [0.2, 0.25) is 0 Å². The van der Waals surface area contributed by atoms with Gasteiger partial charge in [-0.05, 0) is 127 Å². The van der Waals surface area contributed by atoms with Gasteiger partial charge in [0.05, 0.1) is 0 Å². The number of hydrogen-bond donors (Lipinski definition) is 3. The molecule has 0 heterocycles. The minimum Gasteiger partial charge on any atom is -0.328 e. The Labute approximate surface area is 179 Å². The zero-order valence-electron chi connectivity index (χ0n) is 18.8. The summed E-state index contributed by atoms with van der Waals surface area (Å²) in [7, 11) is 0. The van der Waals surface area contributed by atoms with Crippen LogP contribution in [0.25, 0.3) is 0 Å². The maximum absolute atomic E-state index is 6.08. The third-order valence-corrected chi connectivity index (χ3v) is 8.79. The lowest BCUT2D eigenvalue weighted by molar-refractivity contribution is 0.205. The molecule has 0 spiro atoms. The van der Waals surface area contributed by atoms with E-state index in [9.17, 15) is 0 Å². The Kier molecular flexibility index (Phi) is 8.11. The van der Waals surface area contributed by atoms with Gasteiger partial charge in [0, 0.05) is 24.2 Å². The predicted octanol–water partition coefficient (Wildman–Crippen LogP) is 5.43. The number of rotatable bonds is 5. The maximum atomic E-state index is 6.08. The van der Waals surface area contributed by atoms with Crippen LogP contribution in [0.5, 0.6) is 0 Å². The van der Waals surface area contributed by atoms with E-state index < -0.39 is 0 Å². The van der Waals surface area contributed by atoms with Crippen LogP contribution in [0.1, 0.15) is 109 Å². The Morgan fingerprint density at radius 3 is 1.69 bits per heavy atom. The summed E-state index contributed by atoms with van der Waals surface area (Å²) in [5.74, 6) is 2.80. The molecule has 5 N–H and O–H groups in total. The lowest BCUT2D eigenvalue weighted by Gasteiger charge is -2.36. The van der Waals surface area contributed by atoms with Crippen LogP contribution >= 0.6 is 0 Å². The molecule has 3 nitrogen and oxygen atoms in total. The van der Waals surface area contributed by atoms with Crippen LogP contribution in [0.4, 0.5) is 0 Å². The molecule has 29 heavy (non-hydrogen) atoms. The molecule has 0 aromatic rings. The van der Waals surface area contributed by atoms with Gasteiger partial charge in [-0.1, -0.05) is 11.6 Å². The summed E-state index contributed by atoms with van der Waals surface area (Å²) >= 11 is 0. The molecule has 4 aliphatic carbocycles. The lowest BCUT2D eigenvalue weighted by Crippen LogP contribution is -2.41. The first-order valence-corrected chi connectivity index (χ1v) is 13.1. The van der Waals surface area contributed by atoms with Crippen molar-refractivity contribution in [3.05, 3.63) is 11.6 Å². The van der Waals surface area contributed by atoms with Crippen molar-refractivity contribution in [2.75, 3.05) is 0 Å². The van der Waals surface area contributed by atoms with E-state index >= 15 is 0 Å². The van der Waals surface area contributed by atoms with Gasteiger partial charge in [-0.2, -0.15) is 0 Å². The van der Waals surface area contributed by atoms with E-state index in [1.54, 1.807) is 5.57 Å². The Morgan fingerprint density at radius 2 is 1.10 bits per heavy atom. The molecule has 4 saturated carbocycles. The van der Waals surface area contributed by atoms with Crippen LogP contribution in [0, 0.1) is 17.8 Å². The minimum atomic E-state index is 0.473. The van der Waals surface area contributed by atoms with Gasteiger partial charge in [0.15, 0.2) is 0 Å². The molecule has 0 aromatic heterocycles. The van der Waals surface area contributed by atoms with Gasteiger partial charge in [-0.3, -0.25) is 0 Å². The zero-order valence-corrected chi connectivity index (χ0v) is 18.8. The maximum Gasteiger partial charge on any atom is 0.00757 e. The Balaban J connectivity index is 1.11. The molecular weight excluding hydrogens is 354 g/mol. The summed E-state index contributed by atoms with van der Waals surface area (Å²) in [4.78, 5) is 0. The van der Waals surface area contributed by atoms with E-state index in [2.05, 4.69) is 11.4 Å². The average molecular weight is 402 g/mol. The van der Waals surface area contributed by atoms with Crippen LogP contribution in [-0.4, -0.2) is 24.2 Å². The second-order valence-corrected chi connectivity index (χ2v) is 11.2. The lowest BCUT2D eigenvalue weighted by atomic mass is 9.75. The van der Waals surface area contributed by atoms with Gasteiger partial charge >= 0.3 is 0 Å². The van der Waals surface area contributed by atoms with E-state index in [0.717, 1.165) is 29.8 Å². The molecule has 0 amide bonds. The molecular formula is C26H47N3. The standard InChI is InChI=1S/C26H47N3/c27-23-9-1-19(2-10-23)17-21-5-13-25(14-6-21)29-26-15-7-22(8-16-26)18-20-3-11-24(28)12-4-20/h17,19-20,22-26,29H,1-16,18,27-28H2. The molecule has 3 heteroatoms. The first kappa shape index (κ1) is 21.8. The first-order valence-electron chi connectivity index (χ1n) is 13.1. The molecule has 0 unspecified atom stereocenters. The van der Waals surface area contributed by atoms with Gasteiger partial charge in [-0.15, -0.1) is 0 Å². The van der Waals surface area contributed by atoms with Crippen molar-refractivity contribution in [3.63, 3.8) is 0 Å². The van der Waals surface area contributed by atoms with Crippen LogP contribution in [-0.2, 0) is 0 Å². The Morgan fingerprint density at radius 1 is 0.621 bits per heavy atom. The highest BCUT2D eigenvalue weighted by molar-refractivity contribution is 5.09. The second-order valence-electron chi connectivity index (χ2n) is 11.2. The highest BCUT2D eigenvalue weighted by Crippen LogP contribution is 2.36. The molecule has 4 aliphatic rings. The fraction of sp³-hybridized carbons (Fsp3) is 0.923. The number of nitrogens with two attached hydrogens (primary N) is 2. The van der Waals surface area contributed by atoms with E-state index in [4.69, 9.17) is 11.5 Å². The summed E-state index contributed by atoms with van der Waals surface area (Å²) in [6, 6.07) is 2.54. The molecule has 0 aliphatic heterocycles. The highest BCUT2D eigenvalue weighted by Gasteiger charge is 2.28. The minimum absolute atomic E-state index is 0.473. The van der Waals surface area contributed by atoms with E-state index in [-0.39, 0.29) is 0 Å². The predicted molar refractivity (Wildman–Crippen MR) is 124 cm³/mol. The fourth-order valence-electron chi connectivity index (χ4n) is 6.76. The van der Waals surface area contributed by atoms with Crippen LogP contribution in [0.3, 0.4) is 0 Å². The van der Waals surface area contributed by atoms with Gasteiger partial charge in [0.25, 0.3) is 0 Å². The smallest absolute Gasteiger partial charge is 0.00757 e. The number of hydrogen-bond acceptors (Lipinski definition) is 3. The molecule has 0 saturated heterocycles. The molecule has 0 atom stereocenters. The normalized spacial score (nSPS) is 41.9. The summed E-state index contributed by atoms with van der Waals surface area (Å²) in [5, 5.41) is 4.06. The van der Waals surface area contributed by atoms with Crippen LogP contribution in [0.15, 0.2) is 11.6 Å². The monoisotopic (exact) mass is 401 g/mol. The van der Waals surface area contributed by atoms with Gasteiger partial charge in [0.1, 0.15) is 0 Å². The molecule has 0 radical (unpaired) electrons. The zero-order chi connectivity index (χ0) is 20.1. The molecule has 166 valence electrons. The fourth-order valence-corrected chi connectivity index (χ4v) is 6.76. The van der Waals surface area contributed by atoms with Crippen molar-refractivity contribution in [1.82, 2.24) is 5.32 Å². The molecule has 4 rings (SSSR count). The van der Waals surface area contributed by atoms with Crippen molar-refractivity contribution < 1.29 is 0 Å². The average Bonchev–Trinajstić information content (AvgIpc) is 2.74. The summed E-state index contributed by atoms with van der Waals surface area (Å²) < 4.78 is 0. The van der Waals surface area contributed by atoms with Crippen molar-refractivity contribution in [1.29, 1.82) is 0 Å². The first-order chi connectivity index (χ1) is 14.1. The largest absolute Gasteiger partial charge is 0.328 e. The number of nitrogens with one attached hydrogen (secondary N) is 1. The Hall–Kier alpha value is -0.380. The molecule has 0 bridgehead atoms. The quantitative estimate of drug-likeness (QED) is 0.538. The number of allylic oxidation sites excluding steroid dienone is 2. The summed E-state index contributed by atoms with van der Waals surface area (Å²) in [6.45, 7) is 0. The van der Waals surface area contributed by atoms with Crippen LogP contribution < -0.4 is 16.8 Å². The van der Waals surface area contributed by atoms with Crippen molar-refractivity contribution >= 4 is 0 Å². The van der Waals surface area contributed by atoms with Crippen molar-refractivity contribution in [2.24, 2.45) is 29.2 Å². The van der Waals surface area contributed by atoms with Gasteiger partial charge in [-0.25, -0.2) is 0 Å². The summed E-state index contributed by atoms with van der Waals surface area (Å²) in [6.07, 6.45) is 25.7. The topological polar surface area (TPSA) is 64.1 Å². The van der Waals surface area contributed by atoms with E-state index in [0.29, 0.717) is 12.1 Å². The van der Waals surface area contributed by atoms with E-state index in [1.165, 1.54) is 109 Å². The summed E-state index contributed by atoms with van der Waals surface area (Å²) in [5.41, 5.74) is 13.9. The van der Waals surface area contributed by atoms with Gasteiger partial charge in [0.2, 0.25) is 0 Å². The van der Waals surface area contributed by atoms with E-state index in [1.807, 2.05) is 0 Å². The third-order valence-electron chi connectivity index (χ3n) is 8.79. The molecule has 4 fully saturated rings. The van der Waals surface area contributed by atoms with Gasteiger partial charge < -0.3 is 16.8 Å². The molecule has 0 aromatic carbocycles. The third kappa shape index (κ3) is 6.80. The van der Waals surface area contributed by atoms with Crippen molar-refractivity contribution in [2.45, 2.75) is 133 Å². The van der Waals surface area contributed by atoms with Crippen molar-refractivity contribution in [3.8, 4) is 0 Å². The second kappa shape index (κ2) is 10.8. The Bertz CT molecular complexity index is 496. The highest BCUT2D eigenvalue weighted by atomic mass is 15.0.